The van der Waals surface area contributed by atoms with Gasteiger partial charge < -0.3 is 9.84 Å². The number of ether oxygens (including phenoxy) is 1. The van der Waals surface area contributed by atoms with E-state index in [2.05, 4.69) is 0 Å². The number of carboxylic acids is 1. The third kappa shape index (κ3) is 4.46. The van der Waals surface area contributed by atoms with Crippen molar-refractivity contribution >= 4 is 28.4 Å². The molecule has 1 aromatic rings. The number of halogens is 1. The van der Waals surface area contributed by atoms with Crippen molar-refractivity contribution in [1.82, 2.24) is 0 Å². The van der Waals surface area contributed by atoms with Crippen molar-refractivity contribution in [2.24, 2.45) is 0 Å². The van der Waals surface area contributed by atoms with Crippen LogP contribution in [0.3, 0.4) is 0 Å². The van der Waals surface area contributed by atoms with Gasteiger partial charge >= 0.3 is 5.97 Å². The summed E-state index contributed by atoms with van der Waals surface area (Å²) in [6.07, 6.45) is 0. The molecule has 0 saturated carbocycles. The van der Waals surface area contributed by atoms with E-state index in [0.29, 0.717) is 5.02 Å². The van der Waals surface area contributed by atoms with Crippen LogP contribution in [-0.2, 0) is 26.1 Å². The second-order valence-electron chi connectivity index (χ2n) is 3.43. The second kappa shape index (κ2) is 6.74. The summed E-state index contributed by atoms with van der Waals surface area (Å²) in [5, 5.41) is 8.49. The average Bonchev–Trinajstić information content (AvgIpc) is 2.28. The van der Waals surface area contributed by atoms with Crippen molar-refractivity contribution < 1.29 is 18.8 Å². The lowest BCUT2D eigenvalue weighted by Gasteiger charge is -2.11. The molecule has 0 bridgehead atoms. The lowest BCUT2D eigenvalue weighted by molar-refractivity contribution is -0.137. The Hall–Kier alpha value is -0.910. The van der Waals surface area contributed by atoms with Crippen molar-refractivity contribution in [1.29, 1.82) is 0 Å². The fraction of sp³-hybridized carbons (Fsp3) is 0.364. The highest BCUT2D eigenvalue weighted by Crippen LogP contribution is 2.13. The van der Waals surface area contributed by atoms with Crippen LogP contribution in [0.5, 0.6) is 0 Å². The maximum absolute atomic E-state index is 11.8. The Morgan fingerprint density at radius 3 is 2.53 bits per heavy atom. The number of hydrogen-bond donors (Lipinski definition) is 1. The standard InChI is InChI=1S/C11H13ClO4S/c1-16-6-10(11(13)14)17(15)7-8-2-4-9(12)5-3-8/h2-5,10H,6-7H2,1H3,(H,13,14). The first-order valence-electron chi connectivity index (χ1n) is 4.88. The summed E-state index contributed by atoms with van der Waals surface area (Å²) in [5.41, 5.74) is 0.787. The van der Waals surface area contributed by atoms with Gasteiger partial charge in [0.1, 0.15) is 0 Å². The van der Waals surface area contributed by atoms with Crippen LogP contribution < -0.4 is 0 Å². The van der Waals surface area contributed by atoms with Crippen LogP contribution in [0.1, 0.15) is 5.56 Å². The molecule has 17 heavy (non-hydrogen) atoms. The molecular formula is C11H13ClO4S. The molecule has 0 aliphatic carbocycles. The van der Waals surface area contributed by atoms with E-state index in [9.17, 15) is 9.00 Å². The molecule has 0 spiro atoms. The summed E-state index contributed by atoms with van der Waals surface area (Å²) >= 11 is 5.72. The molecule has 1 aromatic carbocycles. The van der Waals surface area contributed by atoms with Gasteiger partial charge in [-0.05, 0) is 17.7 Å². The zero-order valence-corrected chi connectivity index (χ0v) is 10.8. The summed E-state index contributed by atoms with van der Waals surface area (Å²) in [4.78, 5) is 10.9. The first kappa shape index (κ1) is 14.2. The van der Waals surface area contributed by atoms with Crippen molar-refractivity contribution in [3.8, 4) is 0 Å². The third-order valence-electron chi connectivity index (χ3n) is 2.13. The molecule has 2 unspecified atom stereocenters. The number of aliphatic carboxylic acids is 1. The maximum atomic E-state index is 11.8. The first-order chi connectivity index (χ1) is 8.04. The summed E-state index contributed by atoms with van der Waals surface area (Å²) in [5.74, 6) is -0.934. The summed E-state index contributed by atoms with van der Waals surface area (Å²) in [6.45, 7) is -0.0600. The van der Waals surface area contributed by atoms with E-state index in [4.69, 9.17) is 21.4 Å². The molecular weight excluding hydrogens is 264 g/mol. The minimum absolute atomic E-state index is 0.0600. The normalized spacial score (nSPS) is 14.2. The van der Waals surface area contributed by atoms with E-state index in [1.165, 1.54) is 7.11 Å². The fourth-order valence-corrected chi connectivity index (χ4v) is 2.62. The third-order valence-corrected chi connectivity index (χ3v) is 3.98. The van der Waals surface area contributed by atoms with E-state index in [0.717, 1.165) is 5.56 Å². The minimum atomic E-state index is -1.51. The molecule has 0 radical (unpaired) electrons. The number of rotatable bonds is 6. The number of hydrogen-bond acceptors (Lipinski definition) is 3. The van der Waals surface area contributed by atoms with E-state index in [1.807, 2.05) is 0 Å². The van der Waals surface area contributed by atoms with Crippen molar-refractivity contribution in [2.45, 2.75) is 11.0 Å². The fourth-order valence-electron chi connectivity index (χ4n) is 1.26. The van der Waals surface area contributed by atoms with Gasteiger partial charge in [0.05, 0.1) is 6.61 Å². The van der Waals surface area contributed by atoms with Crippen LogP contribution in [0.25, 0.3) is 0 Å². The van der Waals surface area contributed by atoms with Crippen LogP contribution >= 0.6 is 11.6 Å². The van der Waals surface area contributed by atoms with E-state index in [1.54, 1.807) is 24.3 Å². The Kier molecular flexibility index (Phi) is 5.61. The Morgan fingerprint density at radius 1 is 1.47 bits per heavy atom. The largest absolute Gasteiger partial charge is 0.480 e. The van der Waals surface area contributed by atoms with Crippen LogP contribution in [0, 0.1) is 0 Å². The number of carbonyl (C=O) groups is 1. The Bertz CT molecular complexity index is 404. The monoisotopic (exact) mass is 276 g/mol. The number of benzene rings is 1. The molecule has 94 valence electrons. The highest BCUT2D eigenvalue weighted by Gasteiger charge is 2.24. The lowest BCUT2D eigenvalue weighted by atomic mass is 10.2. The van der Waals surface area contributed by atoms with Crippen LogP contribution in [0.4, 0.5) is 0 Å². The zero-order valence-electron chi connectivity index (χ0n) is 9.26. The minimum Gasteiger partial charge on any atom is -0.480 e. The predicted octanol–water partition coefficient (Wildman–Crippen LogP) is 1.69. The van der Waals surface area contributed by atoms with Gasteiger partial charge in [0, 0.05) is 28.7 Å². The molecule has 0 aliphatic rings. The Labute approximate surface area is 107 Å². The SMILES string of the molecule is COCC(C(=O)O)S(=O)Cc1ccc(Cl)cc1. The lowest BCUT2D eigenvalue weighted by Crippen LogP contribution is -2.31. The molecule has 0 heterocycles. The number of methoxy groups -OCH3 is 1. The molecule has 4 nitrogen and oxygen atoms in total. The van der Waals surface area contributed by atoms with Gasteiger partial charge in [-0.3, -0.25) is 9.00 Å². The molecule has 1 N–H and O–H groups in total. The van der Waals surface area contributed by atoms with Gasteiger partial charge in [0.15, 0.2) is 5.25 Å². The molecule has 0 fully saturated rings. The van der Waals surface area contributed by atoms with Crippen LogP contribution in [-0.4, -0.2) is 34.3 Å². The van der Waals surface area contributed by atoms with Gasteiger partial charge in [0.25, 0.3) is 0 Å². The first-order valence-corrected chi connectivity index (χ1v) is 6.64. The topological polar surface area (TPSA) is 63.6 Å². The van der Waals surface area contributed by atoms with Gasteiger partial charge in [-0.1, -0.05) is 23.7 Å². The van der Waals surface area contributed by atoms with E-state index in [-0.39, 0.29) is 12.4 Å². The Balaban J connectivity index is 2.69. The molecule has 2 atom stereocenters. The molecule has 0 aliphatic heterocycles. The summed E-state index contributed by atoms with van der Waals surface area (Å²) in [7, 11) is -0.129. The average molecular weight is 277 g/mol. The second-order valence-corrected chi connectivity index (χ2v) is 5.49. The Morgan fingerprint density at radius 2 is 2.06 bits per heavy atom. The van der Waals surface area contributed by atoms with Crippen LogP contribution in [0.15, 0.2) is 24.3 Å². The van der Waals surface area contributed by atoms with Crippen molar-refractivity contribution in [2.75, 3.05) is 13.7 Å². The maximum Gasteiger partial charge on any atom is 0.321 e. The van der Waals surface area contributed by atoms with E-state index < -0.39 is 22.0 Å². The van der Waals surface area contributed by atoms with Gasteiger partial charge in [0.2, 0.25) is 0 Å². The molecule has 0 aromatic heterocycles. The van der Waals surface area contributed by atoms with Gasteiger partial charge in [-0.15, -0.1) is 0 Å². The number of carboxylic acid groups (broad SMARTS) is 1. The summed E-state index contributed by atoms with van der Waals surface area (Å²) < 4.78 is 16.6. The smallest absolute Gasteiger partial charge is 0.321 e. The molecule has 6 heteroatoms. The van der Waals surface area contributed by atoms with Gasteiger partial charge in [-0.25, -0.2) is 0 Å². The predicted molar refractivity (Wildman–Crippen MR) is 66.6 cm³/mol. The zero-order chi connectivity index (χ0) is 12.8. The van der Waals surface area contributed by atoms with Crippen molar-refractivity contribution in [3.05, 3.63) is 34.9 Å². The van der Waals surface area contributed by atoms with Crippen molar-refractivity contribution in [3.63, 3.8) is 0 Å². The molecule has 0 saturated heterocycles. The molecule has 1 rings (SSSR count). The quantitative estimate of drug-likeness (QED) is 0.859. The highest BCUT2D eigenvalue weighted by molar-refractivity contribution is 7.85. The van der Waals surface area contributed by atoms with E-state index >= 15 is 0 Å². The van der Waals surface area contributed by atoms with Crippen LogP contribution in [0.2, 0.25) is 5.02 Å². The van der Waals surface area contributed by atoms with Gasteiger partial charge in [-0.2, -0.15) is 0 Å². The molecule has 0 amide bonds. The highest BCUT2D eigenvalue weighted by atomic mass is 35.5. The summed E-state index contributed by atoms with van der Waals surface area (Å²) in [6, 6.07) is 6.82.